The average Bonchev–Trinajstić information content (AvgIpc) is 2.45. The van der Waals surface area contributed by atoms with E-state index in [0.717, 1.165) is 0 Å². The highest BCUT2D eigenvalue weighted by Crippen LogP contribution is 2.28. The minimum Gasteiger partial charge on any atom is -0.506 e. The molecule has 0 aliphatic rings. The van der Waals surface area contributed by atoms with Gasteiger partial charge in [-0.3, -0.25) is 9.59 Å². The third kappa shape index (κ3) is 3.21. The Labute approximate surface area is 119 Å². The minimum absolute atomic E-state index is 0.103. The van der Waals surface area contributed by atoms with Gasteiger partial charge in [-0.1, -0.05) is 0 Å². The molecule has 0 saturated heterocycles. The Kier molecular flexibility index (Phi) is 3.94. The minimum atomic E-state index is -0.506. The van der Waals surface area contributed by atoms with Crippen molar-refractivity contribution in [2.75, 3.05) is 10.6 Å². The van der Waals surface area contributed by atoms with Crippen molar-refractivity contribution in [1.82, 2.24) is 0 Å². The molecule has 0 saturated carbocycles. The summed E-state index contributed by atoms with van der Waals surface area (Å²) < 4.78 is 0. The van der Waals surface area contributed by atoms with E-state index in [-0.39, 0.29) is 34.2 Å². The molecule has 5 N–H and O–H groups in total. The normalized spacial score (nSPS) is 9.90. The first-order chi connectivity index (χ1) is 10.0. The van der Waals surface area contributed by atoms with Crippen LogP contribution < -0.4 is 10.6 Å². The van der Waals surface area contributed by atoms with Gasteiger partial charge in [0.2, 0.25) is 6.41 Å². The summed E-state index contributed by atoms with van der Waals surface area (Å²) in [6.07, 6.45) is 0.384. The molecule has 0 spiro atoms. The zero-order chi connectivity index (χ0) is 15.4. The van der Waals surface area contributed by atoms with E-state index in [1.54, 1.807) is 0 Å². The lowest BCUT2D eigenvalue weighted by molar-refractivity contribution is -0.105. The first-order valence-electron chi connectivity index (χ1n) is 5.88. The van der Waals surface area contributed by atoms with Crippen LogP contribution in [0.5, 0.6) is 17.2 Å². The van der Waals surface area contributed by atoms with E-state index in [1.165, 1.54) is 36.4 Å². The molecule has 0 heterocycles. The molecular weight excluding hydrogens is 276 g/mol. The summed E-state index contributed by atoms with van der Waals surface area (Å²) in [5.41, 5.74) is 0.587. The summed E-state index contributed by atoms with van der Waals surface area (Å²) in [4.78, 5) is 22.4. The number of aromatic hydroxyl groups is 3. The van der Waals surface area contributed by atoms with Crippen molar-refractivity contribution in [1.29, 1.82) is 0 Å². The van der Waals surface area contributed by atoms with Crippen LogP contribution in [0.2, 0.25) is 0 Å². The zero-order valence-corrected chi connectivity index (χ0v) is 10.7. The Morgan fingerprint density at radius 1 is 0.952 bits per heavy atom. The lowest BCUT2D eigenvalue weighted by Crippen LogP contribution is -2.12. The molecule has 2 aromatic carbocycles. The molecule has 2 amide bonds. The van der Waals surface area contributed by atoms with Crippen molar-refractivity contribution >= 4 is 23.7 Å². The summed E-state index contributed by atoms with van der Waals surface area (Å²) in [6, 6.07) is 7.80. The SMILES string of the molecule is O=CNc1cc(C(=O)Nc2ccc(O)c(O)c2)ccc1O. The summed E-state index contributed by atoms with van der Waals surface area (Å²) in [5, 5.41) is 32.8. The molecule has 7 heteroatoms. The second-order valence-corrected chi connectivity index (χ2v) is 4.15. The van der Waals surface area contributed by atoms with E-state index in [0.29, 0.717) is 6.41 Å². The number of carbonyl (C=O) groups excluding carboxylic acids is 2. The van der Waals surface area contributed by atoms with Crippen molar-refractivity contribution in [3.63, 3.8) is 0 Å². The molecule has 0 radical (unpaired) electrons. The highest BCUT2D eigenvalue weighted by molar-refractivity contribution is 6.05. The number of amides is 2. The van der Waals surface area contributed by atoms with Gasteiger partial charge in [-0.25, -0.2) is 0 Å². The van der Waals surface area contributed by atoms with E-state index in [1.807, 2.05) is 0 Å². The Balaban J connectivity index is 2.21. The number of anilines is 2. The van der Waals surface area contributed by atoms with Gasteiger partial charge in [0, 0.05) is 17.3 Å². The maximum atomic E-state index is 12.0. The van der Waals surface area contributed by atoms with Crippen LogP contribution in [-0.2, 0) is 4.79 Å². The summed E-state index contributed by atoms with van der Waals surface area (Å²) >= 11 is 0. The fraction of sp³-hybridized carbons (Fsp3) is 0. The molecule has 2 aromatic rings. The quantitative estimate of drug-likeness (QED) is 0.333. The van der Waals surface area contributed by atoms with Crippen LogP contribution in [0.15, 0.2) is 36.4 Å². The van der Waals surface area contributed by atoms with Crippen molar-refractivity contribution in [3.8, 4) is 17.2 Å². The van der Waals surface area contributed by atoms with E-state index in [9.17, 15) is 24.9 Å². The van der Waals surface area contributed by atoms with Gasteiger partial charge in [0.15, 0.2) is 11.5 Å². The second kappa shape index (κ2) is 5.83. The Morgan fingerprint density at radius 3 is 2.33 bits per heavy atom. The fourth-order valence-electron chi connectivity index (χ4n) is 1.66. The Morgan fingerprint density at radius 2 is 1.67 bits per heavy atom. The first kappa shape index (κ1) is 14.2. The van der Waals surface area contributed by atoms with Crippen molar-refractivity contribution in [2.24, 2.45) is 0 Å². The van der Waals surface area contributed by atoms with Crippen molar-refractivity contribution < 1.29 is 24.9 Å². The Hall–Kier alpha value is -3.22. The number of hydrogen-bond acceptors (Lipinski definition) is 5. The van der Waals surface area contributed by atoms with E-state index in [4.69, 9.17) is 0 Å². The van der Waals surface area contributed by atoms with Gasteiger partial charge >= 0.3 is 0 Å². The number of phenols is 3. The van der Waals surface area contributed by atoms with Gasteiger partial charge in [0.05, 0.1) is 5.69 Å². The van der Waals surface area contributed by atoms with Crippen LogP contribution in [0, 0.1) is 0 Å². The number of carbonyl (C=O) groups is 2. The fourth-order valence-corrected chi connectivity index (χ4v) is 1.66. The molecule has 108 valence electrons. The van der Waals surface area contributed by atoms with E-state index < -0.39 is 5.91 Å². The molecule has 0 unspecified atom stereocenters. The molecule has 0 fully saturated rings. The number of nitrogens with one attached hydrogen (secondary N) is 2. The van der Waals surface area contributed by atoms with Gasteiger partial charge in [0.1, 0.15) is 5.75 Å². The highest BCUT2D eigenvalue weighted by atomic mass is 16.3. The maximum Gasteiger partial charge on any atom is 0.255 e. The van der Waals surface area contributed by atoms with Gasteiger partial charge in [-0.05, 0) is 30.3 Å². The van der Waals surface area contributed by atoms with Crippen LogP contribution >= 0.6 is 0 Å². The molecule has 0 aliphatic carbocycles. The highest BCUT2D eigenvalue weighted by Gasteiger charge is 2.10. The second-order valence-electron chi connectivity index (χ2n) is 4.15. The third-order valence-corrected chi connectivity index (χ3v) is 2.71. The van der Waals surface area contributed by atoms with Crippen molar-refractivity contribution in [2.45, 2.75) is 0 Å². The topological polar surface area (TPSA) is 119 Å². The van der Waals surface area contributed by atoms with Gasteiger partial charge < -0.3 is 26.0 Å². The molecule has 0 aliphatic heterocycles. The van der Waals surface area contributed by atoms with Gasteiger partial charge in [0.25, 0.3) is 5.91 Å². The molecule has 0 atom stereocenters. The van der Waals surface area contributed by atoms with E-state index in [2.05, 4.69) is 10.6 Å². The maximum absolute atomic E-state index is 12.0. The molecule has 21 heavy (non-hydrogen) atoms. The predicted molar refractivity (Wildman–Crippen MR) is 75.5 cm³/mol. The standard InChI is InChI=1S/C14H12N2O5/c17-7-15-10-5-8(1-3-11(10)18)14(21)16-9-2-4-12(19)13(20)6-9/h1-7,18-20H,(H,15,17)(H,16,21). The van der Waals surface area contributed by atoms with Crippen LogP contribution in [0.25, 0.3) is 0 Å². The molecular formula is C14H12N2O5. The monoisotopic (exact) mass is 288 g/mol. The van der Waals surface area contributed by atoms with Crippen LogP contribution in [0.3, 0.4) is 0 Å². The zero-order valence-electron chi connectivity index (χ0n) is 10.7. The van der Waals surface area contributed by atoms with Crippen LogP contribution in [0.1, 0.15) is 10.4 Å². The first-order valence-corrected chi connectivity index (χ1v) is 5.88. The van der Waals surface area contributed by atoms with Gasteiger partial charge in [-0.2, -0.15) is 0 Å². The lowest BCUT2D eigenvalue weighted by Gasteiger charge is -2.08. The molecule has 7 nitrogen and oxygen atoms in total. The molecule has 0 aromatic heterocycles. The third-order valence-electron chi connectivity index (χ3n) is 2.71. The molecule has 2 rings (SSSR count). The smallest absolute Gasteiger partial charge is 0.255 e. The number of phenolic OH excluding ortho intramolecular Hbond substituents is 3. The number of hydrogen-bond donors (Lipinski definition) is 5. The number of rotatable bonds is 4. The largest absolute Gasteiger partial charge is 0.506 e. The van der Waals surface area contributed by atoms with Crippen molar-refractivity contribution in [3.05, 3.63) is 42.0 Å². The summed E-state index contributed by atoms with van der Waals surface area (Å²) in [7, 11) is 0. The lowest BCUT2D eigenvalue weighted by atomic mass is 10.1. The molecule has 0 bridgehead atoms. The average molecular weight is 288 g/mol. The summed E-state index contributed by atoms with van der Waals surface area (Å²) in [5.74, 6) is -1.33. The van der Waals surface area contributed by atoms with Gasteiger partial charge in [-0.15, -0.1) is 0 Å². The van der Waals surface area contributed by atoms with E-state index >= 15 is 0 Å². The predicted octanol–water partition coefficient (Wildman–Crippen LogP) is 1.62. The summed E-state index contributed by atoms with van der Waals surface area (Å²) in [6.45, 7) is 0. The Bertz CT molecular complexity index is 700. The van der Waals surface area contributed by atoms with Crippen LogP contribution in [0.4, 0.5) is 11.4 Å². The number of benzene rings is 2. The van der Waals surface area contributed by atoms with Crippen LogP contribution in [-0.4, -0.2) is 27.6 Å².